The average molecular weight is 1530 g/mol. The second kappa shape index (κ2) is 52.3. The molecule has 5 radical (unpaired) electrons. The van der Waals surface area contributed by atoms with Crippen LogP contribution in [0.1, 0.15) is 178 Å². The lowest BCUT2D eigenvalue weighted by Crippen LogP contribution is -2.08. The largest absolute Gasteiger partial charge is 0.423 e. The van der Waals surface area contributed by atoms with Gasteiger partial charge in [-0.25, -0.2) is 24.0 Å². The van der Waals surface area contributed by atoms with E-state index in [4.69, 9.17) is 86.8 Å². The standard InChI is InChI=1S/5C17H17O2S.5FH/c5*1-2-3-4-13-5-7-14(8-6-13)17(18)19-15-9-11-16(20)12-10-15;;;;;/h5*5-12H,2-4H2,1H3;5*1H. The van der Waals surface area contributed by atoms with Gasteiger partial charge in [-0.05, 0) is 274 Å². The van der Waals surface area contributed by atoms with Crippen LogP contribution in [0.4, 0.5) is 23.5 Å². The number of halogens is 5. The van der Waals surface area contributed by atoms with Gasteiger partial charge in [0.1, 0.15) is 28.7 Å². The summed E-state index contributed by atoms with van der Waals surface area (Å²) in [7, 11) is 0. The number of unbranched alkanes of at least 4 members (excludes halogenated alkanes) is 5. The van der Waals surface area contributed by atoms with E-state index in [1.807, 2.05) is 121 Å². The second-order valence-electron chi connectivity index (χ2n) is 23.3. The minimum atomic E-state index is -0.343. The summed E-state index contributed by atoms with van der Waals surface area (Å²) >= 11 is 24.9. The second-order valence-corrected chi connectivity index (χ2v) is 25.7. The van der Waals surface area contributed by atoms with Crippen molar-refractivity contribution < 1.29 is 71.2 Å². The minimum absolute atomic E-state index is 0. The van der Waals surface area contributed by atoms with Gasteiger partial charge < -0.3 is 23.7 Å². The zero-order chi connectivity index (χ0) is 71.9. The van der Waals surface area contributed by atoms with Crippen molar-refractivity contribution in [3.8, 4) is 28.7 Å². The Balaban J connectivity index is 0.000000649. The number of rotatable bonds is 25. The molecular formula is C85H90F5O10S5. The molecule has 20 heteroatoms. The van der Waals surface area contributed by atoms with Gasteiger partial charge in [-0.1, -0.05) is 191 Å². The number of benzene rings is 10. The molecule has 10 aromatic carbocycles. The topological polar surface area (TPSA) is 132 Å². The molecule has 0 saturated carbocycles. The third-order valence-electron chi connectivity index (χ3n) is 15.2. The van der Waals surface area contributed by atoms with Crippen LogP contribution in [0.25, 0.3) is 0 Å². The van der Waals surface area contributed by atoms with E-state index in [0.717, 1.165) is 88.7 Å². The highest BCUT2D eigenvalue weighted by Gasteiger charge is 2.14. The van der Waals surface area contributed by atoms with Crippen LogP contribution >= 0.6 is 63.1 Å². The quantitative estimate of drug-likeness (QED) is 0.0309. The van der Waals surface area contributed by atoms with E-state index in [9.17, 15) is 24.0 Å². The molecule has 10 nitrogen and oxygen atoms in total. The van der Waals surface area contributed by atoms with E-state index in [-0.39, 0.29) is 53.4 Å². The third-order valence-corrected chi connectivity index (χ3v) is 16.6. The van der Waals surface area contributed by atoms with Gasteiger partial charge in [0, 0.05) is 24.5 Å². The zero-order valence-corrected chi connectivity index (χ0v) is 63.4. The molecule has 10 aromatic rings. The molecule has 0 atom stereocenters. The molecule has 0 heterocycles. The summed E-state index contributed by atoms with van der Waals surface area (Å²) in [6.07, 6.45) is 16.9. The number of hydrogen-bond acceptors (Lipinski definition) is 10. The van der Waals surface area contributed by atoms with Gasteiger partial charge in [-0.15, -0.1) is 0 Å². The SMILES string of the molecule is CCCCc1ccc(C(=O)Oc2ccc([S])cc2)cc1.CCCCc1ccc(C(=O)Oc2ccc([S])cc2)cc1.CCCCc1ccc(C(=O)Oc2ccc([S])cc2)cc1.CCCCc1ccc(C(=O)Oc2ccc([S])cc2)cc1.CCCCc1ccc(C(=O)Oc2ccc([S])cc2)cc1.F.F.F.F.F. The maximum absolute atomic E-state index is 12.0. The van der Waals surface area contributed by atoms with Crippen molar-refractivity contribution in [1.82, 2.24) is 0 Å². The number of carbonyl (C=O) groups excluding carboxylic acids is 5. The van der Waals surface area contributed by atoms with Crippen LogP contribution in [0, 0.1) is 0 Å². The molecular weight excluding hydrogens is 1440 g/mol. The normalized spacial score (nSPS) is 9.76. The molecule has 555 valence electrons. The fraction of sp³-hybridized carbons (Fsp3) is 0.235. The summed E-state index contributed by atoms with van der Waals surface area (Å²) < 4.78 is 26.5. The van der Waals surface area contributed by atoms with Gasteiger partial charge in [-0.2, -0.15) is 0 Å². The molecule has 0 amide bonds. The van der Waals surface area contributed by atoms with Crippen molar-refractivity contribution in [2.45, 2.75) is 155 Å². The fourth-order valence-electron chi connectivity index (χ4n) is 9.31. The summed E-state index contributed by atoms with van der Waals surface area (Å²) in [5.41, 5.74) is 9.06. The maximum atomic E-state index is 12.0. The number of hydrogen-bond donors (Lipinski definition) is 0. The molecule has 105 heavy (non-hydrogen) atoms. The molecule has 0 aliphatic rings. The Labute approximate surface area is 642 Å². The Hall–Kier alpha value is -9.70. The van der Waals surface area contributed by atoms with Crippen molar-refractivity contribution in [1.29, 1.82) is 0 Å². The van der Waals surface area contributed by atoms with Crippen LogP contribution < -0.4 is 23.7 Å². The number of esters is 5. The van der Waals surface area contributed by atoms with Gasteiger partial charge >= 0.3 is 29.8 Å². The first-order chi connectivity index (χ1) is 48.4. The molecule has 0 aliphatic carbocycles. The van der Waals surface area contributed by atoms with Crippen molar-refractivity contribution in [2.24, 2.45) is 0 Å². The van der Waals surface area contributed by atoms with Crippen LogP contribution in [0.15, 0.2) is 267 Å². The fourth-order valence-corrected chi connectivity index (χ4v) is 9.99. The highest BCUT2D eigenvalue weighted by atomic mass is 32.1. The molecule has 10 rings (SSSR count). The lowest BCUT2D eigenvalue weighted by molar-refractivity contribution is 0.0725. The molecule has 0 bridgehead atoms. The predicted molar refractivity (Wildman–Crippen MR) is 424 cm³/mol. The van der Waals surface area contributed by atoms with Gasteiger partial charge in [-0.3, -0.25) is 23.5 Å². The molecule has 0 fully saturated rings. The lowest BCUT2D eigenvalue weighted by Gasteiger charge is -2.05. The van der Waals surface area contributed by atoms with Crippen molar-refractivity contribution in [2.75, 3.05) is 0 Å². The van der Waals surface area contributed by atoms with Crippen LogP contribution in [-0.4, -0.2) is 29.8 Å². The van der Waals surface area contributed by atoms with Crippen LogP contribution in [0.5, 0.6) is 28.7 Å². The van der Waals surface area contributed by atoms with E-state index >= 15 is 0 Å². The van der Waals surface area contributed by atoms with E-state index in [1.165, 1.54) is 59.9 Å². The van der Waals surface area contributed by atoms with E-state index < -0.39 is 0 Å². The first-order valence-corrected chi connectivity index (χ1v) is 35.9. The number of ether oxygens (including phenoxy) is 5. The smallest absolute Gasteiger partial charge is 0.343 e. The minimum Gasteiger partial charge on any atom is -0.423 e. The number of carbonyl (C=O) groups is 5. The molecule has 0 saturated heterocycles. The molecule has 0 spiro atoms. The summed E-state index contributed by atoms with van der Waals surface area (Å²) in [6, 6.07) is 72.5. The average Bonchev–Trinajstić information content (AvgIpc) is 0.894. The Bertz CT molecular complexity index is 3440. The summed E-state index contributed by atoms with van der Waals surface area (Å²) in [6.45, 7) is 10.8. The summed E-state index contributed by atoms with van der Waals surface area (Å²) in [5.74, 6) is 0.846. The van der Waals surface area contributed by atoms with Crippen molar-refractivity contribution in [3.05, 3.63) is 298 Å². The zero-order valence-electron chi connectivity index (χ0n) is 59.4. The van der Waals surface area contributed by atoms with Gasteiger partial charge in [0.25, 0.3) is 0 Å². The highest BCUT2D eigenvalue weighted by molar-refractivity contribution is 7.81. The van der Waals surface area contributed by atoms with Gasteiger partial charge in [0.15, 0.2) is 0 Å². The van der Waals surface area contributed by atoms with Crippen LogP contribution in [-0.2, 0) is 32.1 Å². The van der Waals surface area contributed by atoms with E-state index in [2.05, 4.69) is 34.6 Å². The Morgan fingerprint density at radius 3 is 0.448 bits per heavy atom. The third kappa shape index (κ3) is 35.6. The molecule has 0 N–H and O–H groups in total. The molecule has 0 unspecified atom stereocenters. The Kier molecular flexibility index (Phi) is 46.5. The summed E-state index contributed by atoms with van der Waals surface area (Å²) in [4.78, 5) is 63.5. The first-order valence-electron chi connectivity index (χ1n) is 33.8. The highest BCUT2D eigenvalue weighted by Crippen LogP contribution is 2.23. The first kappa shape index (κ1) is 93.3. The monoisotopic (exact) mass is 1530 g/mol. The van der Waals surface area contributed by atoms with Gasteiger partial charge in [0.2, 0.25) is 0 Å². The van der Waals surface area contributed by atoms with Crippen LogP contribution in [0.2, 0.25) is 0 Å². The Morgan fingerprint density at radius 1 is 0.210 bits per heavy atom. The predicted octanol–water partition coefficient (Wildman–Crippen LogP) is 24.8. The van der Waals surface area contributed by atoms with E-state index in [0.29, 0.717) is 56.6 Å². The van der Waals surface area contributed by atoms with Crippen molar-refractivity contribution >= 4 is 93.0 Å². The summed E-state index contributed by atoms with van der Waals surface area (Å²) in [5, 5.41) is 0. The van der Waals surface area contributed by atoms with Crippen LogP contribution in [0.3, 0.4) is 0 Å². The Morgan fingerprint density at radius 2 is 0.333 bits per heavy atom. The van der Waals surface area contributed by atoms with E-state index in [1.54, 1.807) is 121 Å². The van der Waals surface area contributed by atoms with Crippen molar-refractivity contribution in [3.63, 3.8) is 0 Å². The molecule has 0 aliphatic heterocycles. The number of aryl methyl sites for hydroxylation is 5. The molecule has 0 aromatic heterocycles. The maximum Gasteiger partial charge on any atom is 0.343 e. The van der Waals surface area contributed by atoms with Gasteiger partial charge in [0.05, 0.1) is 27.8 Å². The lowest BCUT2D eigenvalue weighted by atomic mass is 10.1.